The van der Waals surface area contributed by atoms with Crippen molar-refractivity contribution < 1.29 is 14.3 Å². The highest BCUT2D eigenvalue weighted by atomic mass is 32.2. The smallest absolute Gasteiger partial charge is 0.230 e. The molecule has 0 bridgehead atoms. The molecule has 0 saturated heterocycles. The van der Waals surface area contributed by atoms with Crippen LogP contribution in [0.5, 0.6) is 11.5 Å². The van der Waals surface area contributed by atoms with Crippen molar-refractivity contribution in [2.75, 3.05) is 18.2 Å². The molecule has 3 aromatic rings. The van der Waals surface area contributed by atoms with E-state index in [0.717, 1.165) is 12.0 Å². The number of carbonyl (C=O) groups is 1. The minimum atomic E-state index is -0.471. The van der Waals surface area contributed by atoms with Crippen LogP contribution in [-0.2, 0) is 11.2 Å². The first-order chi connectivity index (χ1) is 15.0. The Kier molecular flexibility index (Phi) is 6.31. The van der Waals surface area contributed by atoms with Gasteiger partial charge in [0.15, 0.2) is 23.4 Å². The quantitative estimate of drug-likeness (QED) is 0.431. The van der Waals surface area contributed by atoms with Crippen molar-refractivity contribution in [2.45, 2.75) is 37.6 Å². The van der Waals surface area contributed by atoms with Crippen molar-refractivity contribution in [3.63, 3.8) is 0 Å². The summed E-state index contributed by atoms with van der Waals surface area (Å²) in [5, 5.41) is 11.7. The van der Waals surface area contributed by atoms with Crippen molar-refractivity contribution >= 4 is 17.7 Å². The second-order valence-corrected chi connectivity index (χ2v) is 8.19. The Morgan fingerprint density at radius 3 is 2.71 bits per heavy atom. The predicted octanol–water partition coefficient (Wildman–Crippen LogP) is 3.04. The summed E-state index contributed by atoms with van der Waals surface area (Å²) in [6, 6.07) is 15.6. The average molecular weight is 440 g/mol. The fraction of sp³-hybridized carbons (Fsp3) is 0.318. The Bertz CT molecular complexity index is 1050. The molecule has 1 aliphatic heterocycles. The number of aryl methyl sites for hydroxylation is 1. The lowest BCUT2D eigenvalue weighted by Gasteiger charge is -2.25. The molecule has 162 valence electrons. The molecule has 2 heterocycles. The van der Waals surface area contributed by atoms with Crippen LogP contribution in [-0.4, -0.2) is 33.1 Å². The monoisotopic (exact) mass is 439 g/mol. The highest BCUT2D eigenvalue weighted by Crippen LogP contribution is 2.35. The zero-order chi connectivity index (χ0) is 21.8. The van der Waals surface area contributed by atoms with Gasteiger partial charge < -0.3 is 20.6 Å². The van der Waals surface area contributed by atoms with Crippen LogP contribution in [0.25, 0.3) is 0 Å². The first-order valence-corrected chi connectivity index (χ1v) is 11.1. The summed E-state index contributed by atoms with van der Waals surface area (Å²) < 4.78 is 13.0. The van der Waals surface area contributed by atoms with E-state index in [1.54, 1.807) is 0 Å². The molecule has 3 N–H and O–H groups in total. The average Bonchev–Trinajstić information content (AvgIpc) is 3.17. The molecule has 2 aromatic carbocycles. The molecular formula is C22H25N5O3S. The molecule has 0 unspecified atom stereocenters. The Morgan fingerprint density at radius 1 is 1.23 bits per heavy atom. The fourth-order valence-corrected chi connectivity index (χ4v) is 3.97. The van der Waals surface area contributed by atoms with E-state index in [-0.39, 0.29) is 24.3 Å². The van der Waals surface area contributed by atoms with Crippen LogP contribution in [0.15, 0.2) is 53.7 Å². The molecule has 0 fully saturated rings. The lowest BCUT2D eigenvalue weighted by molar-refractivity contribution is -0.119. The predicted molar refractivity (Wildman–Crippen MR) is 119 cm³/mol. The molecule has 2 atom stereocenters. The van der Waals surface area contributed by atoms with Gasteiger partial charge in [0.2, 0.25) is 11.1 Å². The first-order valence-electron chi connectivity index (χ1n) is 10.1. The molecule has 9 heteroatoms. The zero-order valence-corrected chi connectivity index (χ0v) is 18.3. The fourth-order valence-electron chi connectivity index (χ4n) is 3.29. The number of carbonyl (C=O) groups excluding carboxylic acids is 1. The number of ether oxygens (including phenoxy) is 2. The number of aromatic nitrogens is 3. The summed E-state index contributed by atoms with van der Waals surface area (Å²) in [5.41, 5.74) is 2.33. The van der Waals surface area contributed by atoms with Gasteiger partial charge in [-0.25, -0.2) is 4.68 Å². The number of nitrogens with two attached hydrogens (primary N) is 1. The summed E-state index contributed by atoms with van der Waals surface area (Å²) in [5.74, 6) is 8.01. The van der Waals surface area contributed by atoms with E-state index >= 15 is 0 Å². The second-order valence-electron chi connectivity index (χ2n) is 7.25. The lowest BCUT2D eigenvalue weighted by atomic mass is 10.1. The topological polar surface area (TPSA) is 104 Å². The SMILES string of the molecule is CCc1ccc([C@@H](C)NC(=O)CSc2nnc([C@@H]3COc4ccccc4O3)n2N)cc1. The largest absolute Gasteiger partial charge is 0.485 e. The van der Waals surface area contributed by atoms with Gasteiger partial charge in [-0.2, -0.15) is 0 Å². The maximum Gasteiger partial charge on any atom is 0.230 e. The molecule has 1 aromatic heterocycles. The van der Waals surface area contributed by atoms with Gasteiger partial charge in [0.25, 0.3) is 0 Å². The van der Waals surface area contributed by atoms with Gasteiger partial charge in [0.05, 0.1) is 11.8 Å². The number of nitrogen functional groups attached to an aromatic ring is 1. The number of hydrogen-bond acceptors (Lipinski definition) is 7. The number of hydrogen-bond donors (Lipinski definition) is 2. The zero-order valence-electron chi connectivity index (χ0n) is 17.4. The van der Waals surface area contributed by atoms with E-state index in [1.807, 2.05) is 43.3 Å². The Morgan fingerprint density at radius 2 is 1.97 bits per heavy atom. The van der Waals surface area contributed by atoms with Gasteiger partial charge in [0.1, 0.15) is 6.61 Å². The molecule has 1 aliphatic rings. The van der Waals surface area contributed by atoms with Gasteiger partial charge in [-0.15, -0.1) is 10.2 Å². The van der Waals surface area contributed by atoms with Crippen LogP contribution >= 0.6 is 11.8 Å². The van der Waals surface area contributed by atoms with Gasteiger partial charge >= 0.3 is 0 Å². The molecule has 0 radical (unpaired) electrons. The van der Waals surface area contributed by atoms with E-state index in [2.05, 4.69) is 34.6 Å². The van der Waals surface area contributed by atoms with Gasteiger partial charge in [-0.05, 0) is 36.6 Å². The highest BCUT2D eigenvalue weighted by molar-refractivity contribution is 7.99. The van der Waals surface area contributed by atoms with Crippen molar-refractivity contribution in [2.24, 2.45) is 0 Å². The lowest BCUT2D eigenvalue weighted by Crippen LogP contribution is -2.29. The van der Waals surface area contributed by atoms with Crippen LogP contribution < -0.4 is 20.6 Å². The summed E-state index contributed by atoms with van der Waals surface area (Å²) in [7, 11) is 0. The summed E-state index contributed by atoms with van der Waals surface area (Å²) >= 11 is 1.22. The second kappa shape index (κ2) is 9.30. The van der Waals surface area contributed by atoms with E-state index in [4.69, 9.17) is 15.3 Å². The normalized spacial score (nSPS) is 16.0. The summed E-state index contributed by atoms with van der Waals surface area (Å²) in [4.78, 5) is 12.4. The highest BCUT2D eigenvalue weighted by Gasteiger charge is 2.28. The number of nitrogens with zero attached hydrogens (tertiary/aromatic N) is 3. The Balaban J connectivity index is 1.33. The molecule has 8 nitrogen and oxygen atoms in total. The summed E-state index contributed by atoms with van der Waals surface area (Å²) in [6.45, 7) is 4.36. The minimum absolute atomic E-state index is 0.0850. The number of benzene rings is 2. The molecular weight excluding hydrogens is 414 g/mol. The van der Waals surface area contributed by atoms with Crippen molar-refractivity contribution in [1.29, 1.82) is 0 Å². The summed E-state index contributed by atoms with van der Waals surface area (Å²) in [6.07, 6.45) is 0.519. The van der Waals surface area contributed by atoms with E-state index in [1.165, 1.54) is 22.0 Å². The standard InChI is InChI=1S/C22H25N5O3S/c1-3-15-8-10-16(11-9-15)14(2)24-20(28)13-31-22-26-25-21(27(22)23)19-12-29-17-6-4-5-7-18(17)30-19/h4-11,14,19H,3,12-13,23H2,1-2H3,(H,24,28)/t14-,19+/m1/s1. The number of amides is 1. The minimum Gasteiger partial charge on any atom is -0.485 e. The maximum atomic E-state index is 12.4. The molecule has 4 rings (SSSR count). The van der Waals surface area contributed by atoms with Crippen LogP contribution in [0, 0.1) is 0 Å². The third kappa shape index (κ3) is 4.77. The maximum absolute atomic E-state index is 12.4. The number of fused-ring (bicyclic) bond motifs is 1. The molecule has 31 heavy (non-hydrogen) atoms. The van der Waals surface area contributed by atoms with Crippen LogP contribution in [0.4, 0.5) is 0 Å². The van der Waals surface area contributed by atoms with Crippen LogP contribution in [0.2, 0.25) is 0 Å². The number of rotatable bonds is 7. The number of nitrogens with one attached hydrogen (secondary N) is 1. The third-order valence-corrected chi connectivity index (χ3v) is 6.03. The van der Waals surface area contributed by atoms with Crippen molar-refractivity contribution in [1.82, 2.24) is 20.2 Å². The molecule has 1 amide bonds. The van der Waals surface area contributed by atoms with Crippen LogP contribution in [0.3, 0.4) is 0 Å². The molecule has 0 saturated carbocycles. The number of thioether (sulfide) groups is 1. The Labute approximate surface area is 185 Å². The van der Waals surface area contributed by atoms with E-state index in [0.29, 0.717) is 22.5 Å². The van der Waals surface area contributed by atoms with Gasteiger partial charge in [-0.1, -0.05) is 55.1 Å². The van der Waals surface area contributed by atoms with Gasteiger partial charge in [0, 0.05) is 0 Å². The third-order valence-electron chi connectivity index (χ3n) is 5.09. The van der Waals surface area contributed by atoms with Crippen LogP contribution in [0.1, 0.15) is 42.9 Å². The van der Waals surface area contributed by atoms with E-state index < -0.39 is 6.10 Å². The van der Waals surface area contributed by atoms with Crippen molar-refractivity contribution in [3.05, 3.63) is 65.5 Å². The van der Waals surface area contributed by atoms with Gasteiger partial charge in [-0.3, -0.25) is 4.79 Å². The van der Waals surface area contributed by atoms with Crippen molar-refractivity contribution in [3.8, 4) is 11.5 Å². The number of para-hydroxylation sites is 2. The molecule has 0 spiro atoms. The van der Waals surface area contributed by atoms with E-state index in [9.17, 15) is 4.79 Å². The Hall–Kier alpha value is -3.20. The first kappa shape index (κ1) is 21.0. The molecule has 0 aliphatic carbocycles.